The van der Waals surface area contributed by atoms with Gasteiger partial charge < -0.3 is 19.9 Å². The molecule has 2 N–H and O–H groups in total. The number of ether oxygens (including phenoxy) is 2. The van der Waals surface area contributed by atoms with Gasteiger partial charge >= 0.3 is 5.97 Å². The Hall–Kier alpha value is -3.31. The minimum absolute atomic E-state index is 0.0940. The van der Waals surface area contributed by atoms with Crippen molar-refractivity contribution < 1.29 is 24.2 Å². The van der Waals surface area contributed by atoms with Crippen LogP contribution in [0.15, 0.2) is 40.4 Å². The number of carbonyl (C=O) groups is 2. The standard InChI is InChI=1S/C22H21BrN2O5/c1-4-29-19-10-15(9-17(23)21(19)30-12-20(26)27)8-16(11-24)22(28)25-18-6-5-13(2)7-14(18)3/h5-10H,4,12H2,1-3H3,(H,25,28)(H,26,27)/b16-8+. The summed E-state index contributed by atoms with van der Waals surface area (Å²) in [5.74, 6) is -1.13. The van der Waals surface area contributed by atoms with E-state index in [1.165, 1.54) is 6.08 Å². The molecule has 0 bridgehead atoms. The number of aliphatic carboxylic acids is 1. The van der Waals surface area contributed by atoms with Gasteiger partial charge in [-0.05, 0) is 72.1 Å². The van der Waals surface area contributed by atoms with E-state index in [9.17, 15) is 14.9 Å². The van der Waals surface area contributed by atoms with E-state index in [4.69, 9.17) is 14.6 Å². The summed E-state index contributed by atoms with van der Waals surface area (Å²) >= 11 is 3.33. The minimum atomic E-state index is -1.12. The number of carbonyl (C=O) groups excluding carboxylic acids is 1. The number of amides is 1. The fraction of sp³-hybridized carbons (Fsp3) is 0.227. The molecule has 0 unspecified atom stereocenters. The van der Waals surface area contributed by atoms with Crippen LogP contribution in [-0.2, 0) is 9.59 Å². The third-order valence-corrected chi connectivity index (χ3v) is 4.57. The lowest BCUT2D eigenvalue weighted by atomic mass is 10.1. The average Bonchev–Trinajstić information content (AvgIpc) is 2.67. The molecule has 0 aromatic heterocycles. The summed E-state index contributed by atoms with van der Waals surface area (Å²) in [6.45, 7) is 5.39. The molecule has 0 aliphatic carbocycles. The van der Waals surface area contributed by atoms with Crippen molar-refractivity contribution in [3.8, 4) is 17.6 Å². The van der Waals surface area contributed by atoms with Crippen LogP contribution in [0.3, 0.4) is 0 Å². The Balaban J connectivity index is 2.34. The number of carboxylic acids is 1. The zero-order valence-corrected chi connectivity index (χ0v) is 18.4. The second-order valence-electron chi connectivity index (χ2n) is 6.39. The summed E-state index contributed by atoms with van der Waals surface area (Å²) in [4.78, 5) is 23.4. The number of hydrogen-bond donors (Lipinski definition) is 2. The number of hydrogen-bond acceptors (Lipinski definition) is 5. The highest BCUT2D eigenvalue weighted by Gasteiger charge is 2.16. The van der Waals surface area contributed by atoms with Crippen LogP contribution < -0.4 is 14.8 Å². The first-order chi connectivity index (χ1) is 14.2. The Bertz CT molecular complexity index is 1040. The average molecular weight is 473 g/mol. The molecule has 8 heteroatoms. The number of halogens is 1. The number of nitrogens with one attached hydrogen (secondary N) is 1. The minimum Gasteiger partial charge on any atom is -0.490 e. The van der Waals surface area contributed by atoms with E-state index in [1.807, 2.05) is 32.0 Å². The zero-order chi connectivity index (χ0) is 22.3. The van der Waals surface area contributed by atoms with Crippen molar-refractivity contribution in [1.82, 2.24) is 0 Å². The summed E-state index contributed by atoms with van der Waals surface area (Å²) in [5, 5.41) is 21.1. The van der Waals surface area contributed by atoms with Crippen LogP contribution in [0.25, 0.3) is 6.08 Å². The molecule has 1 amide bonds. The SMILES string of the molecule is CCOc1cc(/C=C(\C#N)C(=O)Nc2ccc(C)cc2C)cc(Br)c1OCC(=O)O. The topological polar surface area (TPSA) is 109 Å². The van der Waals surface area contributed by atoms with Gasteiger partial charge in [0.1, 0.15) is 11.6 Å². The molecule has 0 saturated heterocycles. The van der Waals surface area contributed by atoms with Crippen molar-refractivity contribution in [2.45, 2.75) is 20.8 Å². The maximum Gasteiger partial charge on any atom is 0.341 e. The third-order valence-electron chi connectivity index (χ3n) is 3.98. The molecule has 0 fully saturated rings. The Kier molecular flexibility index (Phi) is 8.01. The lowest BCUT2D eigenvalue weighted by molar-refractivity contribution is -0.139. The van der Waals surface area contributed by atoms with Gasteiger partial charge in [-0.15, -0.1) is 0 Å². The van der Waals surface area contributed by atoms with E-state index in [-0.39, 0.29) is 11.3 Å². The molecular formula is C22H21BrN2O5. The zero-order valence-electron chi connectivity index (χ0n) is 16.8. The first-order valence-electron chi connectivity index (χ1n) is 9.06. The number of anilines is 1. The van der Waals surface area contributed by atoms with Gasteiger partial charge in [-0.3, -0.25) is 4.79 Å². The Morgan fingerprint density at radius 1 is 1.23 bits per heavy atom. The van der Waals surface area contributed by atoms with E-state index in [0.717, 1.165) is 11.1 Å². The van der Waals surface area contributed by atoms with E-state index >= 15 is 0 Å². The summed E-state index contributed by atoms with van der Waals surface area (Å²) in [7, 11) is 0. The summed E-state index contributed by atoms with van der Waals surface area (Å²) < 4.78 is 11.2. The largest absolute Gasteiger partial charge is 0.490 e. The highest BCUT2D eigenvalue weighted by molar-refractivity contribution is 9.10. The summed E-state index contributed by atoms with van der Waals surface area (Å²) in [6, 6.07) is 10.7. The smallest absolute Gasteiger partial charge is 0.341 e. The molecule has 0 saturated carbocycles. The van der Waals surface area contributed by atoms with E-state index in [2.05, 4.69) is 21.2 Å². The molecule has 0 heterocycles. The van der Waals surface area contributed by atoms with Gasteiger partial charge in [-0.2, -0.15) is 5.26 Å². The predicted molar refractivity (Wildman–Crippen MR) is 117 cm³/mol. The van der Waals surface area contributed by atoms with Crippen molar-refractivity contribution in [2.24, 2.45) is 0 Å². The van der Waals surface area contributed by atoms with E-state index in [0.29, 0.717) is 28.1 Å². The molecule has 0 aliphatic rings. The second-order valence-corrected chi connectivity index (χ2v) is 7.24. The van der Waals surface area contributed by atoms with Crippen LogP contribution in [0.1, 0.15) is 23.6 Å². The fourth-order valence-corrected chi connectivity index (χ4v) is 3.24. The van der Waals surface area contributed by atoms with Gasteiger partial charge in [0.05, 0.1) is 11.1 Å². The number of benzene rings is 2. The Labute approximate surface area is 183 Å². The number of nitriles is 1. The fourth-order valence-electron chi connectivity index (χ4n) is 2.67. The van der Waals surface area contributed by atoms with Crippen molar-refractivity contribution >= 4 is 39.6 Å². The van der Waals surface area contributed by atoms with Gasteiger partial charge in [0.15, 0.2) is 18.1 Å². The quantitative estimate of drug-likeness (QED) is 0.433. The highest BCUT2D eigenvalue weighted by Crippen LogP contribution is 2.37. The first kappa shape index (κ1) is 23.0. The summed E-state index contributed by atoms with van der Waals surface area (Å²) in [5.41, 5.74) is 3.01. The monoisotopic (exact) mass is 472 g/mol. The molecule has 0 aliphatic heterocycles. The molecular weight excluding hydrogens is 452 g/mol. The van der Waals surface area contributed by atoms with Gasteiger partial charge in [0.2, 0.25) is 0 Å². The Morgan fingerprint density at radius 3 is 2.57 bits per heavy atom. The Morgan fingerprint density at radius 2 is 1.97 bits per heavy atom. The van der Waals surface area contributed by atoms with Crippen LogP contribution in [0.5, 0.6) is 11.5 Å². The van der Waals surface area contributed by atoms with Crippen molar-refractivity contribution in [3.05, 3.63) is 57.1 Å². The van der Waals surface area contributed by atoms with Crippen LogP contribution in [0.4, 0.5) is 5.69 Å². The summed E-state index contributed by atoms with van der Waals surface area (Å²) in [6.07, 6.45) is 1.42. The van der Waals surface area contributed by atoms with Crippen LogP contribution in [0.2, 0.25) is 0 Å². The van der Waals surface area contributed by atoms with Crippen LogP contribution >= 0.6 is 15.9 Å². The molecule has 156 valence electrons. The van der Waals surface area contributed by atoms with E-state index in [1.54, 1.807) is 25.1 Å². The van der Waals surface area contributed by atoms with Gasteiger partial charge in [-0.1, -0.05) is 17.7 Å². The van der Waals surface area contributed by atoms with Crippen molar-refractivity contribution in [3.63, 3.8) is 0 Å². The van der Waals surface area contributed by atoms with Crippen LogP contribution in [0, 0.1) is 25.2 Å². The second kappa shape index (κ2) is 10.5. The van der Waals surface area contributed by atoms with Gasteiger partial charge in [0.25, 0.3) is 5.91 Å². The van der Waals surface area contributed by atoms with E-state index < -0.39 is 18.5 Å². The predicted octanol–water partition coefficient (Wildman–Crippen LogP) is 4.47. The van der Waals surface area contributed by atoms with Gasteiger partial charge in [-0.25, -0.2) is 4.79 Å². The maximum absolute atomic E-state index is 12.6. The molecule has 0 atom stereocenters. The molecule has 7 nitrogen and oxygen atoms in total. The highest BCUT2D eigenvalue weighted by atomic mass is 79.9. The van der Waals surface area contributed by atoms with Crippen molar-refractivity contribution in [2.75, 3.05) is 18.5 Å². The lowest BCUT2D eigenvalue weighted by Crippen LogP contribution is -2.14. The van der Waals surface area contributed by atoms with Crippen molar-refractivity contribution in [1.29, 1.82) is 5.26 Å². The third kappa shape index (κ3) is 6.09. The van der Waals surface area contributed by atoms with Crippen LogP contribution in [-0.4, -0.2) is 30.2 Å². The molecule has 2 aromatic rings. The lowest BCUT2D eigenvalue weighted by Gasteiger charge is -2.14. The molecule has 0 spiro atoms. The number of rotatable bonds is 8. The molecule has 2 aromatic carbocycles. The maximum atomic E-state index is 12.6. The number of aryl methyl sites for hydroxylation is 2. The normalized spacial score (nSPS) is 10.8. The molecule has 30 heavy (non-hydrogen) atoms. The first-order valence-corrected chi connectivity index (χ1v) is 9.85. The number of carboxylic acid groups (broad SMARTS) is 1. The molecule has 2 rings (SSSR count). The number of nitrogens with zero attached hydrogens (tertiary/aromatic N) is 1. The van der Waals surface area contributed by atoms with Gasteiger partial charge in [0, 0.05) is 5.69 Å². The molecule has 0 radical (unpaired) electrons.